The van der Waals surface area contributed by atoms with Gasteiger partial charge in [0.15, 0.2) is 0 Å². The molecule has 0 fully saturated rings. The maximum atomic E-state index is 12.7. The lowest BCUT2D eigenvalue weighted by molar-refractivity contribution is 0.0119. The van der Waals surface area contributed by atoms with Crippen molar-refractivity contribution in [3.05, 3.63) is 48.6 Å². The first-order valence-electron chi connectivity index (χ1n) is 23.5. The fraction of sp³-hybridized carbons (Fsp3) is 0.816. The van der Waals surface area contributed by atoms with Crippen LogP contribution in [0.2, 0.25) is 0 Å². The number of unbranched alkanes of at least 4 members (excludes halogenated alkanes) is 19. The van der Waals surface area contributed by atoms with Crippen LogP contribution in [-0.2, 0) is 9.47 Å². The van der Waals surface area contributed by atoms with Crippen LogP contribution in [0.5, 0.6) is 0 Å². The van der Waals surface area contributed by atoms with Gasteiger partial charge >= 0.3 is 6.16 Å². The molecule has 0 saturated heterocycles. The van der Waals surface area contributed by atoms with E-state index in [2.05, 4.69) is 93.0 Å². The Morgan fingerprint density at radius 3 is 1.26 bits per heavy atom. The maximum Gasteiger partial charge on any atom is 0.508 e. The highest BCUT2D eigenvalue weighted by atomic mass is 16.7. The van der Waals surface area contributed by atoms with Gasteiger partial charge in [-0.3, -0.25) is 4.90 Å². The van der Waals surface area contributed by atoms with E-state index in [0.717, 1.165) is 77.8 Å². The lowest BCUT2D eigenvalue weighted by Gasteiger charge is -2.25. The van der Waals surface area contributed by atoms with Crippen LogP contribution in [0.3, 0.4) is 0 Å². The van der Waals surface area contributed by atoms with Crippen molar-refractivity contribution in [2.75, 3.05) is 45.9 Å². The summed E-state index contributed by atoms with van der Waals surface area (Å²) in [4.78, 5) is 17.5. The minimum atomic E-state index is -0.477. The molecule has 0 aliphatic heterocycles. The molecule has 5 nitrogen and oxygen atoms in total. The van der Waals surface area contributed by atoms with Gasteiger partial charge in [-0.15, -0.1) is 0 Å². The van der Waals surface area contributed by atoms with Crippen LogP contribution in [0.4, 0.5) is 4.79 Å². The summed E-state index contributed by atoms with van der Waals surface area (Å²) in [5.41, 5.74) is 0. The normalized spacial score (nSPS) is 12.9. The van der Waals surface area contributed by atoms with E-state index in [1.807, 2.05) is 0 Å². The van der Waals surface area contributed by atoms with Gasteiger partial charge in [0.25, 0.3) is 0 Å². The molecule has 0 aromatic carbocycles. The second kappa shape index (κ2) is 43.9. The molecule has 316 valence electrons. The minimum absolute atomic E-state index is 0.0243. The fourth-order valence-electron chi connectivity index (χ4n) is 6.84. The Kier molecular flexibility index (Phi) is 42.4. The number of hydrogen-bond acceptors (Lipinski definition) is 5. The quantitative estimate of drug-likeness (QED) is 0.0353. The SMILES string of the molecule is CCCCC/C=C\C/C=C\CCCCCCCCC(CCCCCCCC/C=C\C/C=C\CCCCCC)OC(=O)OCCN(CC)CCN(CC)CC. The number of likely N-dealkylation sites (N-methyl/N-ethyl adjacent to an activating group) is 2. The summed E-state index contributed by atoms with van der Waals surface area (Å²) in [6.07, 6.45) is 51.5. The van der Waals surface area contributed by atoms with Gasteiger partial charge in [0.1, 0.15) is 12.7 Å². The zero-order valence-corrected chi connectivity index (χ0v) is 36.9. The second-order valence-corrected chi connectivity index (χ2v) is 15.4. The van der Waals surface area contributed by atoms with Crippen molar-refractivity contribution < 1.29 is 14.3 Å². The Morgan fingerprint density at radius 1 is 0.444 bits per heavy atom. The van der Waals surface area contributed by atoms with E-state index in [0.29, 0.717) is 6.61 Å². The molecule has 0 spiro atoms. The van der Waals surface area contributed by atoms with Crippen molar-refractivity contribution in [2.45, 2.75) is 214 Å². The smallest absolute Gasteiger partial charge is 0.433 e. The predicted molar refractivity (Wildman–Crippen MR) is 239 cm³/mol. The van der Waals surface area contributed by atoms with Gasteiger partial charge in [-0.25, -0.2) is 4.79 Å². The Morgan fingerprint density at radius 2 is 0.815 bits per heavy atom. The third kappa shape index (κ3) is 38.4. The van der Waals surface area contributed by atoms with Gasteiger partial charge in [-0.1, -0.05) is 167 Å². The molecule has 0 rings (SSSR count). The van der Waals surface area contributed by atoms with Crippen molar-refractivity contribution in [2.24, 2.45) is 0 Å². The van der Waals surface area contributed by atoms with E-state index >= 15 is 0 Å². The van der Waals surface area contributed by atoms with Crippen molar-refractivity contribution in [3.63, 3.8) is 0 Å². The highest BCUT2D eigenvalue weighted by Crippen LogP contribution is 2.18. The Bertz CT molecular complexity index is 878. The summed E-state index contributed by atoms with van der Waals surface area (Å²) in [5.74, 6) is 0. The number of carbonyl (C=O) groups excluding carboxylic acids is 1. The van der Waals surface area contributed by atoms with Crippen molar-refractivity contribution in [3.8, 4) is 0 Å². The third-order valence-corrected chi connectivity index (χ3v) is 10.7. The Labute approximate surface area is 337 Å². The molecule has 0 saturated carbocycles. The van der Waals surface area contributed by atoms with E-state index in [4.69, 9.17) is 9.47 Å². The minimum Gasteiger partial charge on any atom is -0.433 e. The standard InChI is InChI=1S/C49H92N2O3/c1-6-11-13-15-17-19-21-23-25-27-29-31-33-35-37-39-41-43-48(54-49(52)53-47-46-51(10-5)45-44-50(8-3)9-4)42-40-38-36-34-32-30-28-26-24-22-20-18-16-14-12-7-2/h18-21,24-27,48H,6-17,22-23,28-47H2,1-5H3/b20-18-,21-19-,26-24-,27-25-. The molecule has 5 heteroatoms. The molecule has 0 aromatic heterocycles. The third-order valence-electron chi connectivity index (χ3n) is 10.7. The van der Waals surface area contributed by atoms with E-state index in [9.17, 15) is 4.79 Å². The number of carbonyl (C=O) groups is 1. The van der Waals surface area contributed by atoms with Crippen LogP contribution < -0.4 is 0 Å². The number of hydrogen-bond donors (Lipinski definition) is 0. The van der Waals surface area contributed by atoms with E-state index in [-0.39, 0.29) is 6.10 Å². The zero-order valence-electron chi connectivity index (χ0n) is 36.9. The molecule has 0 aliphatic carbocycles. The summed E-state index contributed by atoms with van der Waals surface area (Å²) in [5, 5.41) is 0. The number of ether oxygens (including phenoxy) is 2. The second-order valence-electron chi connectivity index (χ2n) is 15.4. The van der Waals surface area contributed by atoms with Crippen molar-refractivity contribution in [1.82, 2.24) is 9.80 Å². The monoisotopic (exact) mass is 757 g/mol. The van der Waals surface area contributed by atoms with Gasteiger partial charge < -0.3 is 14.4 Å². The van der Waals surface area contributed by atoms with Gasteiger partial charge in [-0.05, 0) is 110 Å². The predicted octanol–water partition coefficient (Wildman–Crippen LogP) is 15.0. The summed E-state index contributed by atoms with van der Waals surface area (Å²) >= 11 is 0. The largest absolute Gasteiger partial charge is 0.508 e. The highest BCUT2D eigenvalue weighted by Gasteiger charge is 2.16. The molecule has 0 aliphatic rings. The number of rotatable bonds is 41. The van der Waals surface area contributed by atoms with Crippen LogP contribution >= 0.6 is 0 Å². The van der Waals surface area contributed by atoms with Gasteiger partial charge in [0, 0.05) is 19.6 Å². The van der Waals surface area contributed by atoms with Gasteiger partial charge in [-0.2, -0.15) is 0 Å². The van der Waals surface area contributed by atoms with Crippen LogP contribution in [-0.4, -0.2) is 67.9 Å². The van der Waals surface area contributed by atoms with Crippen LogP contribution in [0, 0.1) is 0 Å². The van der Waals surface area contributed by atoms with Crippen LogP contribution in [0.1, 0.15) is 208 Å². The van der Waals surface area contributed by atoms with E-state index in [1.165, 1.54) is 135 Å². The van der Waals surface area contributed by atoms with Gasteiger partial charge in [0.2, 0.25) is 0 Å². The molecule has 0 bridgehead atoms. The average molecular weight is 757 g/mol. The Hall–Kier alpha value is -1.85. The number of nitrogens with zero attached hydrogens (tertiary/aromatic N) is 2. The zero-order chi connectivity index (χ0) is 39.4. The van der Waals surface area contributed by atoms with Crippen LogP contribution in [0.15, 0.2) is 48.6 Å². The molecule has 1 unspecified atom stereocenters. The summed E-state index contributed by atoms with van der Waals surface area (Å²) in [7, 11) is 0. The molecule has 0 radical (unpaired) electrons. The molecule has 54 heavy (non-hydrogen) atoms. The van der Waals surface area contributed by atoms with Crippen molar-refractivity contribution >= 4 is 6.16 Å². The van der Waals surface area contributed by atoms with E-state index in [1.54, 1.807) is 0 Å². The molecular formula is C49H92N2O3. The first kappa shape index (κ1) is 52.2. The summed E-state index contributed by atoms with van der Waals surface area (Å²) in [6, 6.07) is 0. The first-order valence-corrected chi connectivity index (χ1v) is 23.5. The fourth-order valence-corrected chi connectivity index (χ4v) is 6.84. The molecule has 0 aromatic rings. The topological polar surface area (TPSA) is 42.0 Å². The maximum absolute atomic E-state index is 12.7. The molecule has 0 heterocycles. The lowest BCUT2D eigenvalue weighted by Crippen LogP contribution is -2.37. The first-order chi connectivity index (χ1) is 26.6. The molecular weight excluding hydrogens is 665 g/mol. The summed E-state index contributed by atoms with van der Waals surface area (Å²) < 4.78 is 11.5. The average Bonchev–Trinajstić information content (AvgIpc) is 3.18. The lowest BCUT2D eigenvalue weighted by atomic mass is 10.0. The number of allylic oxidation sites excluding steroid dienone is 8. The van der Waals surface area contributed by atoms with Crippen LogP contribution in [0.25, 0.3) is 0 Å². The molecule has 1 atom stereocenters. The van der Waals surface area contributed by atoms with E-state index < -0.39 is 6.16 Å². The Balaban J connectivity index is 4.36. The van der Waals surface area contributed by atoms with Gasteiger partial charge in [0.05, 0.1) is 0 Å². The summed E-state index contributed by atoms with van der Waals surface area (Å²) in [6.45, 7) is 17.4. The molecule has 0 N–H and O–H groups in total. The highest BCUT2D eigenvalue weighted by molar-refractivity contribution is 5.60. The van der Waals surface area contributed by atoms with Crippen molar-refractivity contribution in [1.29, 1.82) is 0 Å². The molecule has 0 amide bonds.